The van der Waals surface area contributed by atoms with Gasteiger partial charge in [0, 0.05) is 57.0 Å². The van der Waals surface area contributed by atoms with Gasteiger partial charge in [0.25, 0.3) is 5.91 Å². The second-order valence-corrected chi connectivity index (χ2v) is 14.3. The van der Waals surface area contributed by atoms with Crippen molar-refractivity contribution in [3.63, 3.8) is 0 Å². The summed E-state index contributed by atoms with van der Waals surface area (Å²) in [6, 6.07) is 4.36. The monoisotopic (exact) mass is 621 g/mol. The average Bonchev–Trinajstić information content (AvgIpc) is 3.56. The molecule has 2 amide bonds. The standard InChI is InChI=1S/C35H48FN5O4/c1-23(2)38(7)32(42)28-17-27(36)8-9-29(28)41-21-26(31-24(3)18-37-19-30(31)41)16-25-10-13-39(20-25)22-35(44)11-14-40(15-12-35)33(43)45-34(4,5)6/h8-9,17-19,21,23,25,44H,10-16,20,22H2,1-7H3/t25-/m0/s1. The van der Waals surface area contributed by atoms with Gasteiger partial charge >= 0.3 is 6.09 Å². The van der Waals surface area contributed by atoms with Crippen molar-refractivity contribution in [2.24, 2.45) is 5.92 Å². The molecule has 0 radical (unpaired) electrons. The molecule has 0 saturated carbocycles. The number of rotatable bonds is 7. The summed E-state index contributed by atoms with van der Waals surface area (Å²) in [6.45, 7) is 14.8. The van der Waals surface area contributed by atoms with Gasteiger partial charge < -0.3 is 29.1 Å². The first kappa shape index (κ1) is 32.9. The normalized spacial score (nSPS) is 19.0. The van der Waals surface area contributed by atoms with E-state index >= 15 is 0 Å². The Morgan fingerprint density at radius 1 is 1.18 bits per heavy atom. The van der Waals surface area contributed by atoms with Gasteiger partial charge in [0.05, 0.1) is 28.6 Å². The van der Waals surface area contributed by atoms with E-state index in [0.717, 1.165) is 42.4 Å². The van der Waals surface area contributed by atoms with Crippen molar-refractivity contribution < 1.29 is 23.8 Å². The Balaban J connectivity index is 1.31. The average molecular weight is 622 g/mol. The fourth-order valence-corrected chi connectivity index (χ4v) is 6.65. The molecule has 1 aromatic carbocycles. The van der Waals surface area contributed by atoms with Gasteiger partial charge in [-0.15, -0.1) is 0 Å². The molecule has 3 aromatic rings. The summed E-state index contributed by atoms with van der Waals surface area (Å²) in [5, 5.41) is 12.5. The molecule has 2 aliphatic heterocycles. The number of halogens is 1. The largest absolute Gasteiger partial charge is 0.444 e. The molecule has 0 spiro atoms. The first-order chi connectivity index (χ1) is 21.1. The number of aliphatic hydroxyl groups is 1. The van der Waals surface area contributed by atoms with Crippen LogP contribution in [0.2, 0.25) is 0 Å². The summed E-state index contributed by atoms with van der Waals surface area (Å²) in [7, 11) is 1.74. The molecule has 2 aliphatic rings. The fraction of sp³-hybridized carbons (Fsp3) is 0.571. The maximum absolute atomic E-state index is 14.4. The third-order valence-electron chi connectivity index (χ3n) is 9.27. The fourth-order valence-electron chi connectivity index (χ4n) is 6.65. The second-order valence-electron chi connectivity index (χ2n) is 14.3. The molecule has 244 valence electrons. The zero-order valence-electron chi connectivity index (χ0n) is 27.8. The Bertz CT molecular complexity index is 1550. The molecule has 1 atom stereocenters. The number of amides is 2. The van der Waals surface area contributed by atoms with E-state index in [1.54, 1.807) is 22.9 Å². The van der Waals surface area contributed by atoms with E-state index in [1.807, 2.05) is 58.5 Å². The van der Waals surface area contributed by atoms with Crippen molar-refractivity contribution in [3.05, 3.63) is 59.3 Å². The summed E-state index contributed by atoms with van der Waals surface area (Å²) in [5.41, 5.74) is 2.68. The molecule has 5 rings (SSSR count). The molecule has 1 N–H and O–H groups in total. The smallest absolute Gasteiger partial charge is 0.410 e. The van der Waals surface area contributed by atoms with Gasteiger partial charge in [-0.1, -0.05) is 0 Å². The van der Waals surface area contributed by atoms with E-state index in [4.69, 9.17) is 4.74 Å². The molecule has 45 heavy (non-hydrogen) atoms. The number of piperidine rings is 1. The van der Waals surface area contributed by atoms with Crippen LogP contribution in [0.3, 0.4) is 0 Å². The number of carbonyl (C=O) groups is 2. The van der Waals surface area contributed by atoms with Gasteiger partial charge in [-0.25, -0.2) is 9.18 Å². The highest BCUT2D eigenvalue weighted by molar-refractivity contribution is 5.99. The number of β-amino-alcohol motifs (C(OH)–C–C–N with tert-alkyl or cyclic N) is 1. The predicted octanol–water partition coefficient (Wildman–Crippen LogP) is 5.58. The highest BCUT2D eigenvalue weighted by Crippen LogP contribution is 2.34. The van der Waals surface area contributed by atoms with Gasteiger partial charge in [0.1, 0.15) is 11.4 Å². The Kier molecular flexibility index (Phi) is 9.29. The molecule has 9 nitrogen and oxygen atoms in total. The SMILES string of the molecule is Cc1cncc2c1c(C[C@@H]1CCN(CC3(O)CCN(C(=O)OC(C)(C)C)CC3)C1)cn2-c1ccc(F)cc1C(=O)N(C)C(C)C. The number of likely N-dealkylation sites (tertiary alicyclic amines) is 2. The number of nitrogens with zero attached hydrogens (tertiary/aromatic N) is 5. The Hall–Kier alpha value is -3.50. The first-order valence-electron chi connectivity index (χ1n) is 16.1. The lowest BCUT2D eigenvalue weighted by atomic mass is 9.91. The van der Waals surface area contributed by atoms with Gasteiger partial charge in [0.2, 0.25) is 0 Å². The van der Waals surface area contributed by atoms with E-state index in [-0.39, 0.29) is 18.0 Å². The summed E-state index contributed by atoms with van der Waals surface area (Å²) in [6.07, 6.45) is 8.34. The topological polar surface area (TPSA) is 91.1 Å². The van der Waals surface area contributed by atoms with Crippen LogP contribution in [-0.4, -0.2) is 98.4 Å². The van der Waals surface area contributed by atoms with Gasteiger partial charge in [-0.2, -0.15) is 0 Å². The van der Waals surface area contributed by atoms with Crippen molar-refractivity contribution in [1.29, 1.82) is 0 Å². The zero-order chi connectivity index (χ0) is 32.7. The molecule has 0 aliphatic carbocycles. The van der Waals surface area contributed by atoms with Crippen molar-refractivity contribution in [2.45, 2.75) is 84.5 Å². The Labute approximate surface area is 266 Å². The maximum atomic E-state index is 14.4. The van der Waals surface area contributed by atoms with E-state index in [0.29, 0.717) is 49.6 Å². The first-order valence-corrected chi connectivity index (χ1v) is 16.1. The lowest BCUT2D eigenvalue weighted by molar-refractivity contribution is -0.0474. The lowest BCUT2D eigenvalue weighted by Gasteiger charge is -2.40. The quantitative estimate of drug-likeness (QED) is 0.371. The zero-order valence-corrected chi connectivity index (χ0v) is 27.8. The second kappa shape index (κ2) is 12.7. The minimum atomic E-state index is -0.833. The summed E-state index contributed by atoms with van der Waals surface area (Å²) in [5.74, 6) is -0.290. The Morgan fingerprint density at radius 2 is 1.89 bits per heavy atom. The number of pyridine rings is 1. The highest BCUT2D eigenvalue weighted by atomic mass is 19.1. The number of benzene rings is 1. The van der Waals surface area contributed by atoms with Gasteiger partial charge in [-0.3, -0.25) is 9.78 Å². The summed E-state index contributed by atoms with van der Waals surface area (Å²) < 4.78 is 22.0. The van der Waals surface area contributed by atoms with Crippen molar-refractivity contribution in [3.8, 4) is 5.69 Å². The Morgan fingerprint density at radius 3 is 2.56 bits per heavy atom. The van der Waals surface area contributed by atoms with Crippen LogP contribution in [0.4, 0.5) is 9.18 Å². The summed E-state index contributed by atoms with van der Waals surface area (Å²) in [4.78, 5) is 36.0. The molecule has 4 heterocycles. The van der Waals surface area contributed by atoms with Crippen LogP contribution < -0.4 is 0 Å². The van der Waals surface area contributed by atoms with Crippen molar-refractivity contribution in [1.82, 2.24) is 24.3 Å². The molecule has 2 saturated heterocycles. The van der Waals surface area contributed by atoms with Crippen LogP contribution >= 0.6 is 0 Å². The molecule has 2 fully saturated rings. The van der Waals surface area contributed by atoms with E-state index in [9.17, 15) is 19.1 Å². The third-order valence-corrected chi connectivity index (χ3v) is 9.27. The van der Waals surface area contributed by atoms with Crippen LogP contribution in [-0.2, 0) is 11.2 Å². The highest BCUT2D eigenvalue weighted by Gasteiger charge is 2.38. The number of hydrogen-bond acceptors (Lipinski definition) is 6. The van der Waals surface area contributed by atoms with Crippen LogP contribution in [0.25, 0.3) is 16.6 Å². The number of hydrogen-bond donors (Lipinski definition) is 1. The molecule has 0 bridgehead atoms. The predicted molar refractivity (Wildman–Crippen MR) is 173 cm³/mol. The van der Waals surface area contributed by atoms with E-state index in [2.05, 4.69) is 16.1 Å². The molecular formula is C35H48FN5O4. The number of fused-ring (bicyclic) bond motifs is 1. The van der Waals surface area contributed by atoms with Crippen LogP contribution in [0, 0.1) is 18.7 Å². The number of ether oxygens (including phenoxy) is 1. The molecule has 0 unspecified atom stereocenters. The molecular weight excluding hydrogens is 573 g/mol. The molecule has 10 heteroatoms. The maximum Gasteiger partial charge on any atom is 0.410 e. The molecule has 2 aromatic heterocycles. The minimum Gasteiger partial charge on any atom is -0.444 e. The minimum absolute atomic E-state index is 0.0320. The van der Waals surface area contributed by atoms with Crippen LogP contribution in [0.15, 0.2) is 36.8 Å². The van der Waals surface area contributed by atoms with Gasteiger partial charge in [0.15, 0.2) is 0 Å². The van der Waals surface area contributed by atoms with E-state index < -0.39 is 17.0 Å². The number of aryl methyl sites for hydroxylation is 1. The van der Waals surface area contributed by atoms with Gasteiger partial charge in [-0.05, 0) is 109 Å². The van der Waals surface area contributed by atoms with Crippen molar-refractivity contribution >= 4 is 22.9 Å². The van der Waals surface area contributed by atoms with E-state index in [1.165, 1.54) is 17.7 Å². The van der Waals surface area contributed by atoms with Crippen LogP contribution in [0.1, 0.15) is 75.4 Å². The van der Waals surface area contributed by atoms with Crippen molar-refractivity contribution in [2.75, 3.05) is 39.8 Å². The summed E-state index contributed by atoms with van der Waals surface area (Å²) >= 11 is 0. The third kappa shape index (κ3) is 7.33. The van der Waals surface area contributed by atoms with Crippen LogP contribution in [0.5, 0.6) is 0 Å². The lowest BCUT2D eigenvalue weighted by Crippen LogP contribution is -2.52. The number of carbonyl (C=O) groups excluding carboxylic acids is 2. The number of aromatic nitrogens is 2.